The monoisotopic (exact) mass is 289 g/mol. The van der Waals surface area contributed by atoms with E-state index in [2.05, 4.69) is 18.3 Å². The normalized spacial score (nSPS) is 27.3. The fourth-order valence-corrected chi connectivity index (χ4v) is 4.17. The van der Waals surface area contributed by atoms with E-state index >= 15 is 0 Å². The number of hydrogen-bond acceptors (Lipinski definition) is 3. The van der Waals surface area contributed by atoms with Crippen LogP contribution in [-0.4, -0.2) is 23.9 Å². The molecule has 0 saturated heterocycles. The van der Waals surface area contributed by atoms with Crippen LogP contribution < -0.4 is 5.32 Å². The standard InChI is InChI=1S/C18H27NO2/c1-3-21-17-12-16(18(17)9-5-4-6-10-18)19-14-8-7-13(2)15(20)11-14/h7-8,11,16-17,19-20H,3-6,9-10,12H2,1-2H3. The van der Waals surface area contributed by atoms with Gasteiger partial charge < -0.3 is 15.2 Å². The largest absolute Gasteiger partial charge is 0.508 e. The van der Waals surface area contributed by atoms with Gasteiger partial charge in [0.15, 0.2) is 0 Å². The molecule has 2 saturated carbocycles. The topological polar surface area (TPSA) is 41.5 Å². The molecule has 0 radical (unpaired) electrons. The molecule has 2 unspecified atom stereocenters. The molecule has 2 aliphatic carbocycles. The highest BCUT2D eigenvalue weighted by Gasteiger charge is 2.55. The maximum Gasteiger partial charge on any atom is 0.120 e. The number of phenols is 1. The minimum absolute atomic E-state index is 0.314. The van der Waals surface area contributed by atoms with Crippen LogP contribution in [0.2, 0.25) is 0 Å². The number of aryl methyl sites for hydroxylation is 1. The smallest absolute Gasteiger partial charge is 0.120 e. The van der Waals surface area contributed by atoms with Gasteiger partial charge in [0.1, 0.15) is 5.75 Å². The Morgan fingerprint density at radius 2 is 2.05 bits per heavy atom. The van der Waals surface area contributed by atoms with Gasteiger partial charge in [-0.05, 0) is 44.7 Å². The molecule has 1 aromatic rings. The van der Waals surface area contributed by atoms with Crippen molar-refractivity contribution in [2.45, 2.75) is 64.5 Å². The first-order chi connectivity index (χ1) is 10.2. The molecule has 3 heteroatoms. The lowest BCUT2D eigenvalue weighted by molar-refractivity contribution is -0.134. The van der Waals surface area contributed by atoms with Gasteiger partial charge >= 0.3 is 0 Å². The van der Waals surface area contributed by atoms with E-state index in [4.69, 9.17) is 4.74 Å². The van der Waals surface area contributed by atoms with Crippen molar-refractivity contribution in [2.24, 2.45) is 5.41 Å². The molecular formula is C18H27NO2. The van der Waals surface area contributed by atoms with Crippen molar-refractivity contribution in [2.75, 3.05) is 11.9 Å². The van der Waals surface area contributed by atoms with E-state index in [0.29, 0.717) is 23.3 Å². The van der Waals surface area contributed by atoms with Crippen LogP contribution >= 0.6 is 0 Å². The predicted octanol–water partition coefficient (Wildman–Crippen LogP) is 4.24. The van der Waals surface area contributed by atoms with Crippen LogP contribution in [0.4, 0.5) is 5.69 Å². The fourth-order valence-electron chi connectivity index (χ4n) is 4.17. The van der Waals surface area contributed by atoms with E-state index in [0.717, 1.165) is 24.3 Å². The van der Waals surface area contributed by atoms with Crippen LogP contribution in [0.1, 0.15) is 51.0 Å². The summed E-state index contributed by atoms with van der Waals surface area (Å²) in [5, 5.41) is 13.5. The second-order valence-corrected chi connectivity index (χ2v) is 6.67. The van der Waals surface area contributed by atoms with Crippen LogP contribution in [-0.2, 0) is 4.74 Å². The molecule has 116 valence electrons. The summed E-state index contributed by atoms with van der Waals surface area (Å²) in [6, 6.07) is 6.38. The number of nitrogens with one attached hydrogen (secondary N) is 1. The van der Waals surface area contributed by atoms with E-state index in [1.807, 2.05) is 19.1 Å². The second-order valence-electron chi connectivity index (χ2n) is 6.67. The number of ether oxygens (including phenoxy) is 1. The van der Waals surface area contributed by atoms with E-state index in [-0.39, 0.29) is 0 Å². The molecule has 2 N–H and O–H groups in total. The minimum Gasteiger partial charge on any atom is -0.508 e. The summed E-state index contributed by atoms with van der Waals surface area (Å²) < 4.78 is 5.99. The van der Waals surface area contributed by atoms with Gasteiger partial charge in [-0.25, -0.2) is 0 Å². The van der Waals surface area contributed by atoms with Crippen LogP contribution in [0, 0.1) is 12.3 Å². The molecule has 1 spiro atoms. The van der Waals surface area contributed by atoms with Gasteiger partial charge in [0.05, 0.1) is 6.10 Å². The molecule has 0 heterocycles. The summed E-state index contributed by atoms with van der Waals surface area (Å²) in [7, 11) is 0. The summed E-state index contributed by atoms with van der Waals surface area (Å²) in [6.07, 6.45) is 8.04. The molecule has 2 fully saturated rings. The molecule has 1 aromatic carbocycles. The molecule has 3 nitrogen and oxygen atoms in total. The summed E-state index contributed by atoms with van der Waals surface area (Å²) in [5.41, 5.74) is 2.27. The molecule has 0 amide bonds. The van der Waals surface area contributed by atoms with Crippen molar-refractivity contribution in [3.63, 3.8) is 0 Å². The lowest BCUT2D eigenvalue weighted by Gasteiger charge is -2.58. The number of aromatic hydroxyl groups is 1. The third kappa shape index (κ3) is 2.64. The Morgan fingerprint density at radius 1 is 1.29 bits per heavy atom. The van der Waals surface area contributed by atoms with Crippen LogP contribution in [0.15, 0.2) is 18.2 Å². The zero-order valence-corrected chi connectivity index (χ0v) is 13.2. The predicted molar refractivity (Wildman–Crippen MR) is 85.8 cm³/mol. The van der Waals surface area contributed by atoms with E-state index in [1.165, 1.54) is 32.1 Å². The van der Waals surface area contributed by atoms with Crippen LogP contribution in [0.3, 0.4) is 0 Å². The number of phenolic OH excluding ortho intramolecular Hbond substituents is 1. The minimum atomic E-state index is 0.314. The van der Waals surface area contributed by atoms with Gasteiger partial charge in [0, 0.05) is 29.8 Å². The number of benzene rings is 1. The molecule has 3 rings (SSSR count). The lowest BCUT2D eigenvalue weighted by Crippen LogP contribution is -2.62. The Hall–Kier alpha value is -1.22. The van der Waals surface area contributed by atoms with Crippen molar-refractivity contribution in [3.05, 3.63) is 23.8 Å². The van der Waals surface area contributed by atoms with Crippen molar-refractivity contribution >= 4 is 5.69 Å². The Morgan fingerprint density at radius 3 is 2.71 bits per heavy atom. The van der Waals surface area contributed by atoms with Gasteiger partial charge in [-0.3, -0.25) is 0 Å². The number of anilines is 1. The average molecular weight is 289 g/mol. The van der Waals surface area contributed by atoms with Crippen LogP contribution in [0.5, 0.6) is 5.75 Å². The van der Waals surface area contributed by atoms with Crippen molar-refractivity contribution in [1.29, 1.82) is 0 Å². The first kappa shape index (κ1) is 14.7. The SMILES string of the molecule is CCOC1CC(Nc2ccc(C)c(O)c2)C12CCCCC2. The molecule has 2 atom stereocenters. The summed E-state index contributed by atoms with van der Waals surface area (Å²) >= 11 is 0. The van der Waals surface area contributed by atoms with Gasteiger partial charge in [-0.15, -0.1) is 0 Å². The van der Waals surface area contributed by atoms with Crippen molar-refractivity contribution < 1.29 is 9.84 Å². The van der Waals surface area contributed by atoms with Gasteiger partial charge in [-0.1, -0.05) is 25.3 Å². The highest BCUT2D eigenvalue weighted by atomic mass is 16.5. The zero-order chi connectivity index (χ0) is 14.9. The fraction of sp³-hybridized carbons (Fsp3) is 0.667. The number of hydrogen-bond donors (Lipinski definition) is 2. The van der Waals surface area contributed by atoms with Crippen LogP contribution in [0.25, 0.3) is 0 Å². The van der Waals surface area contributed by atoms with Gasteiger partial charge in [0.25, 0.3) is 0 Å². The maximum atomic E-state index is 9.88. The Bertz CT molecular complexity index is 494. The number of rotatable bonds is 4. The van der Waals surface area contributed by atoms with Gasteiger partial charge in [0.2, 0.25) is 0 Å². The molecule has 0 aliphatic heterocycles. The van der Waals surface area contributed by atoms with Crippen molar-refractivity contribution in [1.82, 2.24) is 0 Å². The van der Waals surface area contributed by atoms with E-state index in [1.54, 1.807) is 0 Å². The first-order valence-electron chi connectivity index (χ1n) is 8.33. The molecule has 0 aromatic heterocycles. The Balaban J connectivity index is 1.73. The Kier molecular flexibility index (Phi) is 4.12. The maximum absolute atomic E-state index is 9.88. The molecule has 21 heavy (non-hydrogen) atoms. The molecule has 0 bridgehead atoms. The Labute approximate surface area is 127 Å². The molecule has 2 aliphatic rings. The summed E-state index contributed by atoms with van der Waals surface area (Å²) in [5.74, 6) is 0.373. The van der Waals surface area contributed by atoms with E-state index < -0.39 is 0 Å². The third-order valence-electron chi connectivity index (χ3n) is 5.49. The third-order valence-corrected chi connectivity index (χ3v) is 5.49. The zero-order valence-electron chi connectivity index (χ0n) is 13.2. The highest BCUT2D eigenvalue weighted by Crippen LogP contribution is 2.54. The highest BCUT2D eigenvalue weighted by molar-refractivity contribution is 5.52. The van der Waals surface area contributed by atoms with E-state index in [9.17, 15) is 5.11 Å². The van der Waals surface area contributed by atoms with Crippen molar-refractivity contribution in [3.8, 4) is 5.75 Å². The summed E-state index contributed by atoms with van der Waals surface area (Å²) in [6.45, 7) is 4.83. The summed E-state index contributed by atoms with van der Waals surface area (Å²) in [4.78, 5) is 0. The molecular weight excluding hydrogens is 262 g/mol. The quantitative estimate of drug-likeness (QED) is 0.871. The second kappa shape index (κ2) is 5.88. The first-order valence-corrected chi connectivity index (χ1v) is 8.33. The lowest BCUT2D eigenvalue weighted by atomic mass is 9.55. The van der Waals surface area contributed by atoms with Gasteiger partial charge in [-0.2, -0.15) is 0 Å². The average Bonchev–Trinajstić information content (AvgIpc) is 2.50.